The Morgan fingerprint density at radius 1 is 1.54 bits per heavy atom. The van der Waals surface area contributed by atoms with Gasteiger partial charge in [-0.2, -0.15) is 0 Å². The fraction of sp³-hybridized carbons (Fsp3) is 0.222. The van der Waals surface area contributed by atoms with Crippen LogP contribution in [0, 0.1) is 0 Å². The Balaban J connectivity index is 2.71. The Morgan fingerprint density at radius 3 is 2.77 bits per heavy atom. The molecule has 0 aliphatic heterocycles. The minimum atomic E-state index is -0.295. The topological polar surface area (TPSA) is 26.3 Å². The highest BCUT2D eigenvalue weighted by molar-refractivity contribution is 9.10. The van der Waals surface area contributed by atoms with Crippen LogP contribution >= 0.6 is 27.5 Å². The Morgan fingerprint density at radius 2 is 2.23 bits per heavy atom. The number of ether oxygens (including phenoxy) is 1. The van der Waals surface area contributed by atoms with E-state index >= 15 is 0 Å². The molecule has 0 aliphatic rings. The summed E-state index contributed by atoms with van der Waals surface area (Å²) >= 11 is 9.09. The second-order valence-corrected chi connectivity index (χ2v) is 3.91. The van der Waals surface area contributed by atoms with Gasteiger partial charge in [-0.1, -0.05) is 27.5 Å². The zero-order valence-corrected chi connectivity index (χ0v) is 9.35. The maximum atomic E-state index is 10.5. The molecule has 0 unspecified atom stereocenters. The number of carbonyl (C=O) groups excluding carboxylic acids is 1. The number of carbonyl (C=O) groups is 1. The van der Waals surface area contributed by atoms with Gasteiger partial charge in [-0.15, -0.1) is 0 Å². The van der Waals surface area contributed by atoms with Crippen molar-refractivity contribution in [2.45, 2.75) is 13.5 Å². The lowest BCUT2D eigenvalue weighted by atomic mass is 10.2. The maximum absolute atomic E-state index is 10.5. The highest BCUT2D eigenvalue weighted by Crippen LogP contribution is 2.19. The van der Waals surface area contributed by atoms with Crippen molar-refractivity contribution in [3.8, 4) is 0 Å². The van der Waals surface area contributed by atoms with Gasteiger partial charge in [0.2, 0.25) is 0 Å². The minimum absolute atomic E-state index is 0.258. The van der Waals surface area contributed by atoms with Gasteiger partial charge in [0, 0.05) is 16.4 Å². The van der Waals surface area contributed by atoms with Crippen LogP contribution in [0.1, 0.15) is 12.5 Å². The lowest BCUT2D eigenvalue weighted by molar-refractivity contribution is -0.142. The molecule has 0 bridgehead atoms. The fourth-order valence-corrected chi connectivity index (χ4v) is 1.81. The van der Waals surface area contributed by atoms with E-state index in [1.165, 1.54) is 6.92 Å². The molecule has 0 saturated carbocycles. The molecule has 4 heteroatoms. The molecular weight excluding hydrogens is 255 g/mol. The molecule has 0 aliphatic carbocycles. The highest BCUT2D eigenvalue weighted by Gasteiger charge is 1.99. The van der Waals surface area contributed by atoms with E-state index in [0.29, 0.717) is 5.02 Å². The number of esters is 1. The first-order chi connectivity index (χ1) is 6.08. The molecule has 0 spiro atoms. The number of halogens is 2. The summed E-state index contributed by atoms with van der Waals surface area (Å²) < 4.78 is 5.70. The molecule has 0 heterocycles. The number of hydrogen-bond acceptors (Lipinski definition) is 2. The molecular formula is C9H8BrClO2. The lowest BCUT2D eigenvalue weighted by Gasteiger charge is -2.03. The van der Waals surface area contributed by atoms with Crippen molar-refractivity contribution in [2.24, 2.45) is 0 Å². The molecule has 0 saturated heterocycles. The number of benzene rings is 1. The molecule has 70 valence electrons. The number of rotatable bonds is 2. The summed E-state index contributed by atoms with van der Waals surface area (Å²) in [6.45, 7) is 1.63. The largest absolute Gasteiger partial charge is 0.461 e. The predicted molar refractivity (Wildman–Crippen MR) is 54.6 cm³/mol. The molecule has 1 aromatic rings. The third kappa shape index (κ3) is 3.79. The highest BCUT2D eigenvalue weighted by atomic mass is 79.9. The standard InChI is InChI=1S/C9H8BrClO2/c1-6(12)13-5-7-2-8(10)4-9(11)3-7/h2-4H,5H2,1H3. The Hall–Kier alpha value is -0.540. The van der Waals surface area contributed by atoms with Gasteiger partial charge in [-0.05, 0) is 23.8 Å². The van der Waals surface area contributed by atoms with E-state index in [1.54, 1.807) is 12.1 Å². The molecule has 1 aromatic carbocycles. The predicted octanol–water partition coefficient (Wildman–Crippen LogP) is 3.17. The molecule has 1 rings (SSSR count). The fourth-order valence-electron chi connectivity index (χ4n) is 0.879. The van der Waals surface area contributed by atoms with Crippen LogP contribution in [0.4, 0.5) is 0 Å². The van der Waals surface area contributed by atoms with E-state index < -0.39 is 0 Å². The summed E-state index contributed by atoms with van der Waals surface area (Å²) in [6, 6.07) is 5.39. The first-order valence-electron chi connectivity index (χ1n) is 3.66. The summed E-state index contributed by atoms with van der Waals surface area (Å²) in [4.78, 5) is 10.5. The first kappa shape index (κ1) is 10.5. The van der Waals surface area contributed by atoms with E-state index in [2.05, 4.69) is 15.9 Å². The smallest absolute Gasteiger partial charge is 0.302 e. The normalized spacial score (nSPS) is 9.77. The van der Waals surface area contributed by atoms with Crippen LogP contribution in [0.5, 0.6) is 0 Å². The summed E-state index contributed by atoms with van der Waals surface area (Å²) in [5.41, 5.74) is 0.870. The van der Waals surface area contributed by atoms with Crippen LogP contribution in [0.25, 0.3) is 0 Å². The van der Waals surface area contributed by atoms with Gasteiger partial charge in [0.1, 0.15) is 6.61 Å². The zero-order valence-electron chi connectivity index (χ0n) is 7.01. The average Bonchev–Trinajstić information content (AvgIpc) is 1.99. The van der Waals surface area contributed by atoms with Gasteiger partial charge < -0.3 is 4.74 Å². The van der Waals surface area contributed by atoms with Crippen molar-refractivity contribution in [3.63, 3.8) is 0 Å². The first-order valence-corrected chi connectivity index (χ1v) is 4.83. The molecule has 0 atom stereocenters. The van der Waals surface area contributed by atoms with E-state index in [9.17, 15) is 4.79 Å². The second-order valence-electron chi connectivity index (χ2n) is 2.56. The van der Waals surface area contributed by atoms with E-state index in [0.717, 1.165) is 10.0 Å². The van der Waals surface area contributed by atoms with Crippen LogP contribution in [-0.2, 0) is 16.1 Å². The SMILES string of the molecule is CC(=O)OCc1cc(Cl)cc(Br)c1. The summed E-state index contributed by atoms with van der Waals surface area (Å²) in [5, 5.41) is 0.622. The van der Waals surface area contributed by atoms with Crippen LogP contribution in [-0.4, -0.2) is 5.97 Å². The van der Waals surface area contributed by atoms with E-state index in [4.69, 9.17) is 16.3 Å². The van der Waals surface area contributed by atoms with Crippen molar-refractivity contribution in [3.05, 3.63) is 33.3 Å². The van der Waals surface area contributed by atoms with Crippen LogP contribution in [0.15, 0.2) is 22.7 Å². The summed E-state index contributed by atoms with van der Waals surface area (Å²) in [5.74, 6) is -0.295. The quantitative estimate of drug-likeness (QED) is 0.766. The monoisotopic (exact) mass is 262 g/mol. The van der Waals surface area contributed by atoms with E-state index in [-0.39, 0.29) is 12.6 Å². The third-order valence-corrected chi connectivity index (χ3v) is 2.04. The molecule has 0 radical (unpaired) electrons. The summed E-state index contributed by atoms with van der Waals surface area (Å²) in [7, 11) is 0. The van der Waals surface area contributed by atoms with Crippen molar-refractivity contribution >= 4 is 33.5 Å². The van der Waals surface area contributed by atoms with Gasteiger partial charge in [0.05, 0.1) is 0 Å². The third-order valence-electron chi connectivity index (χ3n) is 1.36. The van der Waals surface area contributed by atoms with Gasteiger partial charge in [0.25, 0.3) is 0 Å². The van der Waals surface area contributed by atoms with Crippen molar-refractivity contribution < 1.29 is 9.53 Å². The lowest BCUT2D eigenvalue weighted by Crippen LogP contribution is -1.98. The van der Waals surface area contributed by atoms with Crippen LogP contribution < -0.4 is 0 Å². The average molecular weight is 264 g/mol. The molecule has 0 N–H and O–H groups in total. The Labute approximate surface area is 90.0 Å². The van der Waals surface area contributed by atoms with Crippen molar-refractivity contribution in [1.29, 1.82) is 0 Å². The van der Waals surface area contributed by atoms with Crippen molar-refractivity contribution in [1.82, 2.24) is 0 Å². The Kier molecular flexibility index (Phi) is 3.75. The van der Waals surface area contributed by atoms with Crippen LogP contribution in [0.2, 0.25) is 5.02 Å². The molecule has 0 aromatic heterocycles. The second kappa shape index (κ2) is 4.63. The van der Waals surface area contributed by atoms with Gasteiger partial charge >= 0.3 is 5.97 Å². The summed E-state index contributed by atoms with van der Waals surface area (Å²) in [6.07, 6.45) is 0. The van der Waals surface area contributed by atoms with Gasteiger partial charge in [-0.25, -0.2) is 0 Å². The number of hydrogen-bond donors (Lipinski definition) is 0. The van der Waals surface area contributed by atoms with E-state index in [1.807, 2.05) is 6.07 Å². The maximum Gasteiger partial charge on any atom is 0.302 e. The van der Waals surface area contributed by atoms with Gasteiger partial charge in [0.15, 0.2) is 0 Å². The minimum Gasteiger partial charge on any atom is -0.461 e. The molecule has 0 amide bonds. The van der Waals surface area contributed by atoms with Crippen LogP contribution in [0.3, 0.4) is 0 Å². The Bertz CT molecular complexity index is 305. The van der Waals surface area contributed by atoms with Gasteiger partial charge in [-0.3, -0.25) is 4.79 Å². The molecule has 2 nitrogen and oxygen atoms in total. The van der Waals surface area contributed by atoms with Crippen molar-refractivity contribution in [2.75, 3.05) is 0 Å². The molecule has 13 heavy (non-hydrogen) atoms. The zero-order chi connectivity index (χ0) is 9.84. The molecule has 0 fully saturated rings.